The van der Waals surface area contributed by atoms with Crippen molar-refractivity contribution in [3.8, 4) is 0 Å². The molecule has 0 unspecified atom stereocenters. The number of aromatic nitrogens is 2. The Morgan fingerprint density at radius 1 is 1.43 bits per heavy atom. The van der Waals surface area contributed by atoms with Gasteiger partial charge in [0.1, 0.15) is 5.78 Å². The Kier molecular flexibility index (Phi) is 3.24. The van der Waals surface area contributed by atoms with Gasteiger partial charge in [-0.05, 0) is 12.8 Å². The molecule has 0 saturated heterocycles. The van der Waals surface area contributed by atoms with Crippen molar-refractivity contribution in [3.63, 3.8) is 0 Å². The molecule has 76 valence electrons. The van der Waals surface area contributed by atoms with E-state index < -0.39 is 0 Å². The summed E-state index contributed by atoms with van der Waals surface area (Å²) in [5, 5.41) is 0. The summed E-state index contributed by atoms with van der Waals surface area (Å²) >= 11 is 1.18. The fraction of sp³-hybridized carbons (Fsp3) is 0.700. The molecule has 1 aliphatic rings. The maximum absolute atomic E-state index is 11.8. The molecule has 1 aliphatic carbocycles. The van der Waals surface area contributed by atoms with Crippen LogP contribution in [0.3, 0.4) is 0 Å². The molecule has 0 radical (unpaired) electrons. The molecule has 0 spiro atoms. The van der Waals surface area contributed by atoms with Crippen molar-refractivity contribution in [2.45, 2.75) is 38.5 Å². The molecular weight excluding hydrogens is 196 g/mol. The zero-order valence-corrected chi connectivity index (χ0v) is 8.92. The van der Waals surface area contributed by atoms with Gasteiger partial charge in [-0.3, -0.25) is 4.79 Å². The summed E-state index contributed by atoms with van der Waals surface area (Å²) < 4.78 is 7.96. The van der Waals surface area contributed by atoms with Gasteiger partial charge >= 0.3 is 0 Å². The highest BCUT2D eigenvalue weighted by molar-refractivity contribution is 6.99. The fourth-order valence-electron chi connectivity index (χ4n) is 2.01. The van der Waals surface area contributed by atoms with Crippen LogP contribution in [0.5, 0.6) is 0 Å². The molecule has 0 N–H and O–H groups in total. The highest BCUT2D eigenvalue weighted by Gasteiger charge is 2.21. The lowest BCUT2D eigenvalue weighted by Crippen LogP contribution is -2.19. The minimum absolute atomic E-state index is 0.297. The minimum atomic E-state index is 0.297. The Morgan fingerprint density at radius 2 is 2.21 bits per heavy atom. The Hall–Kier alpha value is -0.770. The summed E-state index contributed by atoms with van der Waals surface area (Å²) in [5.74, 6) is 0.655. The van der Waals surface area contributed by atoms with E-state index in [2.05, 4.69) is 8.75 Å². The normalized spacial score (nSPS) is 18.3. The maximum Gasteiger partial charge on any atom is 0.142 e. The van der Waals surface area contributed by atoms with Crippen LogP contribution in [-0.4, -0.2) is 14.5 Å². The minimum Gasteiger partial charge on any atom is -0.299 e. The van der Waals surface area contributed by atoms with Gasteiger partial charge in [0, 0.05) is 5.92 Å². The van der Waals surface area contributed by atoms with Crippen LogP contribution in [0.25, 0.3) is 0 Å². The van der Waals surface area contributed by atoms with Gasteiger partial charge in [0.05, 0.1) is 30.0 Å². The molecule has 0 amide bonds. The molecule has 0 atom stereocenters. The highest BCUT2D eigenvalue weighted by atomic mass is 32.1. The van der Waals surface area contributed by atoms with Crippen LogP contribution in [0.4, 0.5) is 0 Å². The van der Waals surface area contributed by atoms with E-state index in [9.17, 15) is 4.79 Å². The van der Waals surface area contributed by atoms with Crippen molar-refractivity contribution in [1.29, 1.82) is 0 Å². The van der Waals surface area contributed by atoms with Crippen LogP contribution < -0.4 is 0 Å². The zero-order valence-electron chi connectivity index (χ0n) is 8.11. The largest absolute Gasteiger partial charge is 0.299 e. The van der Waals surface area contributed by atoms with E-state index in [0.29, 0.717) is 18.1 Å². The van der Waals surface area contributed by atoms with E-state index in [4.69, 9.17) is 0 Å². The molecule has 4 heteroatoms. The molecule has 1 saturated carbocycles. The van der Waals surface area contributed by atoms with E-state index in [1.807, 2.05) is 0 Å². The summed E-state index contributed by atoms with van der Waals surface area (Å²) in [6.45, 7) is 0. The van der Waals surface area contributed by atoms with Gasteiger partial charge in [-0.1, -0.05) is 19.3 Å². The van der Waals surface area contributed by atoms with Crippen LogP contribution in [0.2, 0.25) is 0 Å². The predicted molar refractivity (Wildman–Crippen MR) is 55.2 cm³/mol. The third-order valence-electron chi connectivity index (χ3n) is 2.82. The molecule has 0 aliphatic heterocycles. The molecular formula is C10H14N2OS. The Balaban J connectivity index is 1.88. The monoisotopic (exact) mass is 210 g/mol. The second-order valence-electron chi connectivity index (χ2n) is 3.88. The number of ketones is 1. The summed E-state index contributed by atoms with van der Waals surface area (Å²) in [5.41, 5.74) is 0.838. The average Bonchev–Trinajstić information content (AvgIpc) is 2.72. The zero-order chi connectivity index (χ0) is 9.80. The second kappa shape index (κ2) is 4.64. The summed E-state index contributed by atoms with van der Waals surface area (Å²) in [6, 6.07) is 0. The van der Waals surface area contributed by atoms with Gasteiger partial charge in [-0.25, -0.2) is 0 Å². The maximum atomic E-state index is 11.8. The molecule has 14 heavy (non-hydrogen) atoms. The average molecular weight is 210 g/mol. The molecule has 1 aromatic rings. The van der Waals surface area contributed by atoms with Crippen LogP contribution in [-0.2, 0) is 11.2 Å². The van der Waals surface area contributed by atoms with Crippen molar-refractivity contribution >= 4 is 17.5 Å². The van der Waals surface area contributed by atoms with Crippen LogP contribution >= 0.6 is 11.7 Å². The molecule has 1 fully saturated rings. The fourth-order valence-corrected chi connectivity index (χ4v) is 2.44. The van der Waals surface area contributed by atoms with Crippen molar-refractivity contribution < 1.29 is 4.79 Å². The van der Waals surface area contributed by atoms with Gasteiger partial charge in [0.2, 0.25) is 0 Å². The van der Waals surface area contributed by atoms with E-state index in [-0.39, 0.29) is 0 Å². The van der Waals surface area contributed by atoms with Crippen LogP contribution in [0.15, 0.2) is 6.20 Å². The molecule has 3 nitrogen and oxygen atoms in total. The summed E-state index contributed by atoms with van der Waals surface area (Å²) in [4.78, 5) is 11.8. The Labute approximate surface area is 87.9 Å². The van der Waals surface area contributed by atoms with Gasteiger partial charge in [0.25, 0.3) is 0 Å². The van der Waals surface area contributed by atoms with Crippen molar-refractivity contribution in [3.05, 3.63) is 11.9 Å². The quantitative estimate of drug-likeness (QED) is 0.768. The van der Waals surface area contributed by atoms with Crippen molar-refractivity contribution in [2.75, 3.05) is 0 Å². The lowest BCUT2D eigenvalue weighted by molar-refractivity contribution is -0.123. The molecule has 1 aromatic heterocycles. The van der Waals surface area contributed by atoms with E-state index in [1.165, 1.54) is 31.0 Å². The first-order valence-corrected chi connectivity index (χ1v) is 5.88. The number of carbonyl (C=O) groups is 1. The number of nitrogens with zero attached hydrogens (tertiary/aromatic N) is 2. The highest BCUT2D eigenvalue weighted by Crippen LogP contribution is 2.25. The van der Waals surface area contributed by atoms with Gasteiger partial charge in [0.15, 0.2) is 0 Å². The lowest BCUT2D eigenvalue weighted by atomic mass is 9.85. The lowest BCUT2D eigenvalue weighted by Gasteiger charge is -2.19. The smallest absolute Gasteiger partial charge is 0.142 e. The van der Waals surface area contributed by atoms with Gasteiger partial charge < -0.3 is 0 Å². The molecule has 1 heterocycles. The Bertz CT molecular complexity index is 291. The van der Waals surface area contributed by atoms with E-state index >= 15 is 0 Å². The third-order valence-corrected chi connectivity index (χ3v) is 3.34. The van der Waals surface area contributed by atoms with Crippen molar-refractivity contribution in [2.24, 2.45) is 5.92 Å². The number of Topliss-reactive ketones (excluding diaryl/α,β-unsaturated/α-hetero) is 1. The molecule has 2 rings (SSSR count). The number of hydrogen-bond donors (Lipinski definition) is 0. The number of rotatable bonds is 3. The first-order valence-electron chi connectivity index (χ1n) is 5.15. The number of hydrogen-bond acceptors (Lipinski definition) is 4. The summed E-state index contributed by atoms with van der Waals surface area (Å²) in [7, 11) is 0. The van der Waals surface area contributed by atoms with Crippen LogP contribution in [0.1, 0.15) is 37.8 Å². The molecule has 0 aromatic carbocycles. The van der Waals surface area contributed by atoms with E-state index in [0.717, 1.165) is 18.5 Å². The predicted octanol–water partition coefficient (Wildman–Crippen LogP) is 2.23. The van der Waals surface area contributed by atoms with Gasteiger partial charge in [-0.15, -0.1) is 0 Å². The first kappa shape index (κ1) is 9.77. The first-order chi connectivity index (χ1) is 6.86. The summed E-state index contributed by atoms with van der Waals surface area (Å²) in [6.07, 6.45) is 8.07. The molecule has 0 bridgehead atoms. The SMILES string of the molecule is O=C(Cc1cnsn1)C1CCCCC1. The Morgan fingerprint density at radius 3 is 2.86 bits per heavy atom. The third kappa shape index (κ3) is 2.38. The van der Waals surface area contributed by atoms with Crippen LogP contribution in [0, 0.1) is 5.92 Å². The standard InChI is InChI=1S/C10H14N2OS/c13-10(6-9-7-11-14-12-9)8-4-2-1-3-5-8/h7-8H,1-6H2. The van der Waals surface area contributed by atoms with E-state index in [1.54, 1.807) is 6.20 Å². The van der Waals surface area contributed by atoms with Crippen molar-refractivity contribution in [1.82, 2.24) is 8.75 Å². The second-order valence-corrected chi connectivity index (χ2v) is 4.43. The number of carbonyl (C=O) groups excluding carboxylic acids is 1. The topological polar surface area (TPSA) is 42.9 Å². The van der Waals surface area contributed by atoms with Gasteiger partial charge in [-0.2, -0.15) is 8.75 Å².